The second-order valence-electron chi connectivity index (χ2n) is 10.4. The third-order valence-electron chi connectivity index (χ3n) is 7.22. The quantitative estimate of drug-likeness (QED) is 0.181. The van der Waals surface area contributed by atoms with Crippen LogP contribution in [0.2, 0.25) is 0 Å². The Morgan fingerprint density at radius 2 is 0.775 bits per heavy atom. The molecule has 4 rings (SSSR count). The van der Waals surface area contributed by atoms with Gasteiger partial charge in [-0.25, -0.2) is 0 Å². The number of hydrogen-bond donors (Lipinski definition) is 0. The van der Waals surface area contributed by atoms with E-state index in [4.69, 9.17) is 0 Å². The molecule has 0 atom stereocenters. The maximum Gasteiger partial charge on any atom is 0.155 e. The molecule has 0 radical (unpaired) electrons. The maximum atomic E-state index is 2.48. The average Bonchev–Trinajstić information content (AvgIpc) is 2.99. The zero-order chi connectivity index (χ0) is 28.5. The highest BCUT2D eigenvalue weighted by Crippen LogP contribution is 2.34. The molecule has 0 aliphatic carbocycles. The summed E-state index contributed by atoms with van der Waals surface area (Å²) in [5, 5.41) is 0. The van der Waals surface area contributed by atoms with Crippen molar-refractivity contribution in [1.82, 2.24) is 0 Å². The van der Waals surface area contributed by atoms with Crippen LogP contribution in [0.15, 0.2) is 121 Å². The van der Waals surface area contributed by atoms with Crippen molar-refractivity contribution in [2.75, 3.05) is 46.8 Å². The minimum absolute atomic E-state index is 0.884. The lowest BCUT2D eigenvalue weighted by atomic mass is 10.1. The van der Waals surface area contributed by atoms with Gasteiger partial charge in [0.2, 0.25) is 0 Å². The normalized spacial score (nSPS) is 11.6. The van der Waals surface area contributed by atoms with Gasteiger partial charge in [0.1, 0.15) is 0 Å². The molecular weight excluding hydrogens is 488 g/mol. The van der Waals surface area contributed by atoms with E-state index in [0.29, 0.717) is 0 Å². The van der Waals surface area contributed by atoms with Crippen LogP contribution in [0.25, 0.3) is 0 Å². The van der Waals surface area contributed by atoms with Crippen molar-refractivity contribution in [1.29, 1.82) is 0 Å². The lowest BCUT2D eigenvalue weighted by Gasteiger charge is -2.42. The minimum atomic E-state index is 0.884. The van der Waals surface area contributed by atoms with Crippen molar-refractivity contribution in [3.05, 3.63) is 132 Å². The molecule has 0 fully saturated rings. The molecule has 0 saturated carbocycles. The first-order valence-electron chi connectivity index (χ1n) is 14.4. The van der Waals surface area contributed by atoms with Crippen molar-refractivity contribution in [2.45, 2.75) is 40.5 Å². The van der Waals surface area contributed by atoms with Crippen molar-refractivity contribution < 1.29 is 0 Å². The molecule has 4 aromatic rings. The van der Waals surface area contributed by atoms with E-state index in [9.17, 15) is 0 Å². The molecule has 0 spiro atoms. The van der Waals surface area contributed by atoms with Gasteiger partial charge in [0, 0.05) is 49.9 Å². The highest BCUT2D eigenvalue weighted by molar-refractivity contribution is 5.69. The molecule has 4 heteroatoms. The Labute approximate surface area is 241 Å². The van der Waals surface area contributed by atoms with Gasteiger partial charge in [0.25, 0.3) is 0 Å². The second kappa shape index (κ2) is 13.7. The van der Waals surface area contributed by atoms with Crippen LogP contribution in [0.3, 0.4) is 0 Å². The van der Waals surface area contributed by atoms with E-state index >= 15 is 0 Å². The van der Waals surface area contributed by atoms with Gasteiger partial charge in [-0.1, -0.05) is 85.6 Å². The summed E-state index contributed by atoms with van der Waals surface area (Å²) in [7, 11) is 4.39. The number of anilines is 4. The van der Waals surface area contributed by atoms with Gasteiger partial charge in [0.05, 0.1) is 0 Å². The highest BCUT2D eigenvalue weighted by atomic mass is 15.4. The van der Waals surface area contributed by atoms with Crippen molar-refractivity contribution in [3.8, 4) is 0 Å². The molecule has 0 aliphatic rings. The molecule has 0 bridgehead atoms. The molecule has 4 nitrogen and oxygen atoms in total. The lowest BCUT2D eigenvalue weighted by molar-refractivity contribution is 0.757. The molecule has 0 aromatic heterocycles. The Morgan fingerprint density at radius 3 is 1.07 bits per heavy atom. The Bertz CT molecular complexity index is 1240. The van der Waals surface area contributed by atoms with Crippen LogP contribution in [-0.4, -0.2) is 27.2 Å². The van der Waals surface area contributed by atoms with Gasteiger partial charge in [-0.15, -0.1) is 0 Å². The Balaban J connectivity index is 2.08. The van der Waals surface area contributed by atoms with Crippen LogP contribution < -0.4 is 19.6 Å². The predicted octanol–water partition coefficient (Wildman–Crippen LogP) is 8.84. The third-order valence-corrected chi connectivity index (χ3v) is 7.22. The first-order chi connectivity index (χ1) is 19.4. The van der Waals surface area contributed by atoms with Crippen LogP contribution in [-0.2, 0) is 0 Å². The molecule has 0 N–H and O–H groups in total. The molecular formula is C36H44N4. The Kier molecular flexibility index (Phi) is 9.91. The average molecular weight is 533 g/mol. The molecule has 0 saturated heterocycles. The van der Waals surface area contributed by atoms with Crippen molar-refractivity contribution >= 4 is 22.7 Å². The van der Waals surface area contributed by atoms with Gasteiger partial charge in [-0.3, -0.25) is 0 Å². The number of rotatable bonds is 12. The number of para-hydroxylation sites is 2. The summed E-state index contributed by atoms with van der Waals surface area (Å²) in [6.07, 6.45) is 2.03. The summed E-state index contributed by atoms with van der Waals surface area (Å²) >= 11 is 0. The van der Waals surface area contributed by atoms with E-state index in [-0.39, 0.29) is 0 Å². The smallest absolute Gasteiger partial charge is 0.155 e. The SMILES string of the molecule is CCCN(/C(=C(/N(C)c1ccccc1)N(CCC)c1ccc(C)cc1)N(C)c1ccccc1)c1ccc(C)cc1. The molecule has 208 valence electrons. The largest absolute Gasteiger partial charge is 0.328 e. The zero-order valence-corrected chi connectivity index (χ0v) is 25.0. The minimum Gasteiger partial charge on any atom is -0.328 e. The van der Waals surface area contributed by atoms with E-state index < -0.39 is 0 Å². The Hall–Kier alpha value is -4.18. The number of hydrogen-bond acceptors (Lipinski definition) is 4. The summed E-state index contributed by atoms with van der Waals surface area (Å²) < 4.78 is 0. The first kappa shape index (κ1) is 28.8. The summed E-state index contributed by atoms with van der Waals surface area (Å²) in [4.78, 5) is 9.67. The van der Waals surface area contributed by atoms with Crippen LogP contribution in [0.1, 0.15) is 37.8 Å². The maximum absolute atomic E-state index is 2.48. The van der Waals surface area contributed by atoms with Gasteiger partial charge in [-0.05, 0) is 75.2 Å². The van der Waals surface area contributed by atoms with Crippen LogP contribution in [0.5, 0.6) is 0 Å². The molecule has 0 heterocycles. The molecule has 4 aromatic carbocycles. The lowest BCUT2D eigenvalue weighted by Crippen LogP contribution is -2.44. The number of nitrogens with zero attached hydrogens (tertiary/aromatic N) is 4. The fraction of sp³-hybridized carbons (Fsp3) is 0.278. The first-order valence-corrected chi connectivity index (χ1v) is 14.4. The molecule has 0 amide bonds. The van der Waals surface area contributed by atoms with E-state index in [1.165, 1.54) is 22.5 Å². The van der Waals surface area contributed by atoms with Crippen LogP contribution in [0.4, 0.5) is 22.7 Å². The van der Waals surface area contributed by atoms with Gasteiger partial charge in [-0.2, -0.15) is 0 Å². The number of benzene rings is 4. The van der Waals surface area contributed by atoms with E-state index in [0.717, 1.165) is 48.9 Å². The topological polar surface area (TPSA) is 13.0 Å². The van der Waals surface area contributed by atoms with Crippen LogP contribution >= 0.6 is 0 Å². The highest BCUT2D eigenvalue weighted by Gasteiger charge is 2.29. The molecule has 40 heavy (non-hydrogen) atoms. The van der Waals surface area contributed by atoms with Gasteiger partial charge in [0.15, 0.2) is 11.6 Å². The fourth-order valence-corrected chi connectivity index (χ4v) is 5.06. The van der Waals surface area contributed by atoms with Gasteiger partial charge < -0.3 is 19.6 Å². The third kappa shape index (κ3) is 6.69. The second-order valence-corrected chi connectivity index (χ2v) is 10.4. The summed E-state index contributed by atoms with van der Waals surface area (Å²) in [5.74, 6) is 2.27. The fourth-order valence-electron chi connectivity index (χ4n) is 5.06. The van der Waals surface area contributed by atoms with E-state index in [1.54, 1.807) is 0 Å². The standard InChI is InChI=1S/C36H44N4/c1-7-27-39(33-23-19-29(3)20-24-33)35(37(5)31-15-11-9-12-16-31)36(38(6)32-17-13-10-14-18-32)40(28-8-2)34-25-21-30(4)22-26-34/h9-26H,7-8,27-28H2,1-6H3/b36-35-. The number of aryl methyl sites for hydroxylation is 2. The van der Waals surface area contributed by atoms with E-state index in [1.807, 2.05) is 0 Å². The predicted molar refractivity (Wildman–Crippen MR) is 174 cm³/mol. The van der Waals surface area contributed by atoms with Gasteiger partial charge >= 0.3 is 0 Å². The molecule has 0 unspecified atom stereocenters. The molecule has 0 aliphatic heterocycles. The summed E-state index contributed by atoms with van der Waals surface area (Å²) in [5.41, 5.74) is 7.18. The Morgan fingerprint density at radius 1 is 0.450 bits per heavy atom. The van der Waals surface area contributed by atoms with Crippen molar-refractivity contribution in [3.63, 3.8) is 0 Å². The van der Waals surface area contributed by atoms with Crippen molar-refractivity contribution in [2.24, 2.45) is 0 Å². The summed E-state index contributed by atoms with van der Waals surface area (Å²) in [6, 6.07) is 39.2. The zero-order valence-electron chi connectivity index (χ0n) is 25.0. The van der Waals surface area contributed by atoms with Crippen LogP contribution in [0, 0.1) is 13.8 Å². The van der Waals surface area contributed by atoms with E-state index in [2.05, 4.69) is 171 Å². The monoisotopic (exact) mass is 532 g/mol. The summed E-state index contributed by atoms with van der Waals surface area (Å²) in [6.45, 7) is 10.6.